The minimum absolute atomic E-state index is 0.0388. The van der Waals surface area contributed by atoms with Crippen molar-refractivity contribution in [3.63, 3.8) is 0 Å². The first kappa shape index (κ1) is 17.8. The molecule has 1 fully saturated rings. The van der Waals surface area contributed by atoms with Crippen LogP contribution in [0.2, 0.25) is 0 Å². The van der Waals surface area contributed by atoms with Crippen LogP contribution in [0.15, 0.2) is 29.4 Å². The first-order chi connectivity index (χ1) is 12.2. The van der Waals surface area contributed by atoms with E-state index in [9.17, 15) is 4.79 Å². The Bertz CT molecular complexity index is 713. The van der Waals surface area contributed by atoms with Gasteiger partial charge < -0.3 is 10.1 Å². The largest absolute Gasteiger partial charge is 0.496 e. The summed E-state index contributed by atoms with van der Waals surface area (Å²) in [6.07, 6.45) is 4.87. The molecule has 25 heavy (non-hydrogen) atoms. The fourth-order valence-corrected chi connectivity index (χ4v) is 3.84. The van der Waals surface area contributed by atoms with Crippen molar-refractivity contribution < 1.29 is 9.53 Å². The standard InChI is InChI=1S/C18H24N4O2S/c1-12(17(23)19-11-14-9-5-6-10-15(14)24-2)25-18-20-16(21-22-18)13-7-3-4-8-13/h5-6,9-10,12-13H,3-4,7-8,11H2,1-2H3,(H,19,23)(H,20,21,22). The third kappa shape index (κ3) is 4.54. The maximum absolute atomic E-state index is 12.3. The maximum Gasteiger partial charge on any atom is 0.233 e. The molecule has 0 radical (unpaired) electrons. The minimum Gasteiger partial charge on any atom is -0.496 e. The van der Waals surface area contributed by atoms with E-state index in [-0.39, 0.29) is 11.2 Å². The summed E-state index contributed by atoms with van der Waals surface area (Å²) in [6.45, 7) is 2.31. The van der Waals surface area contributed by atoms with Crippen LogP contribution in [-0.2, 0) is 11.3 Å². The van der Waals surface area contributed by atoms with Crippen LogP contribution in [-0.4, -0.2) is 33.4 Å². The van der Waals surface area contributed by atoms with Gasteiger partial charge in [0, 0.05) is 18.0 Å². The van der Waals surface area contributed by atoms with Crippen LogP contribution in [0.25, 0.3) is 0 Å². The van der Waals surface area contributed by atoms with Gasteiger partial charge in [-0.15, -0.1) is 5.10 Å². The fraction of sp³-hybridized carbons (Fsp3) is 0.500. The zero-order valence-electron chi connectivity index (χ0n) is 14.6. The Hall–Kier alpha value is -2.02. The Balaban J connectivity index is 1.52. The number of nitrogens with zero attached hydrogens (tertiary/aromatic N) is 2. The number of methoxy groups -OCH3 is 1. The number of H-pyrrole nitrogens is 1. The predicted molar refractivity (Wildman–Crippen MR) is 97.8 cm³/mol. The third-order valence-corrected chi connectivity index (χ3v) is 5.48. The van der Waals surface area contributed by atoms with E-state index in [4.69, 9.17) is 4.74 Å². The summed E-state index contributed by atoms with van der Waals surface area (Å²) in [5.41, 5.74) is 0.956. The predicted octanol–water partition coefficient (Wildman–Crippen LogP) is 3.27. The monoisotopic (exact) mass is 360 g/mol. The van der Waals surface area contributed by atoms with Gasteiger partial charge in [-0.25, -0.2) is 4.98 Å². The molecule has 1 unspecified atom stereocenters. The molecular weight excluding hydrogens is 336 g/mol. The molecule has 1 heterocycles. The van der Waals surface area contributed by atoms with Gasteiger partial charge in [0.2, 0.25) is 11.1 Å². The SMILES string of the molecule is COc1ccccc1CNC(=O)C(C)Sc1n[nH]c(C2CCCC2)n1. The zero-order valence-corrected chi connectivity index (χ0v) is 15.4. The normalized spacial score (nSPS) is 15.9. The van der Waals surface area contributed by atoms with Crippen molar-refractivity contribution in [3.8, 4) is 5.75 Å². The van der Waals surface area contributed by atoms with E-state index >= 15 is 0 Å². The van der Waals surface area contributed by atoms with Crippen molar-refractivity contribution in [2.45, 2.75) is 55.5 Å². The van der Waals surface area contributed by atoms with Crippen LogP contribution in [0.4, 0.5) is 0 Å². The maximum atomic E-state index is 12.3. The van der Waals surface area contributed by atoms with Crippen molar-refractivity contribution in [3.05, 3.63) is 35.7 Å². The minimum atomic E-state index is -0.262. The van der Waals surface area contributed by atoms with Gasteiger partial charge in [-0.2, -0.15) is 0 Å². The van der Waals surface area contributed by atoms with Crippen molar-refractivity contribution in [1.29, 1.82) is 0 Å². The Morgan fingerprint density at radius 2 is 2.16 bits per heavy atom. The first-order valence-corrected chi connectivity index (χ1v) is 9.54. The van der Waals surface area contributed by atoms with E-state index < -0.39 is 0 Å². The van der Waals surface area contributed by atoms with Crippen molar-refractivity contribution in [1.82, 2.24) is 20.5 Å². The molecule has 1 aliphatic carbocycles. The Morgan fingerprint density at radius 3 is 2.92 bits per heavy atom. The molecule has 7 heteroatoms. The molecule has 2 N–H and O–H groups in total. The molecule has 0 spiro atoms. The molecule has 134 valence electrons. The van der Waals surface area contributed by atoms with Gasteiger partial charge in [-0.3, -0.25) is 9.89 Å². The lowest BCUT2D eigenvalue weighted by Gasteiger charge is -2.12. The molecule has 2 aromatic rings. The quantitative estimate of drug-likeness (QED) is 0.741. The van der Waals surface area contributed by atoms with Gasteiger partial charge in [0.15, 0.2) is 0 Å². The number of rotatable bonds is 7. The lowest BCUT2D eigenvalue weighted by Crippen LogP contribution is -2.30. The highest BCUT2D eigenvalue weighted by molar-refractivity contribution is 8.00. The van der Waals surface area contributed by atoms with Gasteiger partial charge in [0.05, 0.1) is 12.4 Å². The summed E-state index contributed by atoms with van der Waals surface area (Å²) < 4.78 is 5.30. The van der Waals surface area contributed by atoms with Gasteiger partial charge in [0.1, 0.15) is 11.6 Å². The summed E-state index contributed by atoms with van der Waals surface area (Å²) in [7, 11) is 1.63. The topological polar surface area (TPSA) is 79.9 Å². The number of benzene rings is 1. The van der Waals surface area contributed by atoms with Crippen LogP contribution in [0.5, 0.6) is 5.75 Å². The van der Waals surface area contributed by atoms with Crippen molar-refractivity contribution >= 4 is 17.7 Å². The second-order valence-electron chi connectivity index (χ2n) is 6.27. The van der Waals surface area contributed by atoms with E-state index in [1.165, 1.54) is 37.4 Å². The summed E-state index contributed by atoms with van der Waals surface area (Å²) >= 11 is 1.38. The van der Waals surface area contributed by atoms with Crippen LogP contribution in [0.1, 0.15) is 49.9 Å². The van der Waals surface area contributed by atoms with Crippen LogP contribution in [0, 0.1) is 0 Å². The Kier molecular flexibility index (Phi) is 5.96. The average Bonchev–Trinajstić information content (AvgIpc) is 3.31. The second kappa shape index (κ2) is 8.38. The van der Waals surface area contributed by atoms with E-state index in [2.05, 4.69) is 20.5 Å². The summed E-state index contributed by atoms with van der Waals surface area (Å²) in [6, 6.07) is 7.67. The lowest BCUT2D eigenvalue weighted by atomic mass is 10.1. The zero-order chi connectivity index (χ0) is 17.6. The number of aromatic amines is 1. The van der Waals surface area contributed by atoms with Gasteiger partial charge in [-0.05, 0) is 25.8 Å². The van der Waals surface area contributed by atoms with E-state index in [0.29, 0.717) is 17.6 Å². The molecule has 0 saturated heterocycles. The first-order valence-electron chi connectivity index (χ1n) is 8.66. The number of hydrogen-bond donors (Lipinski definition) is 2. The number of amides is 1. The number of hydrogen-bond acceptors (Lipinski definition) is 5. The summed E-state index contributed by atoms with van der Waals surface area (Å²) in [5, 5.41) is 10.6. The molecule has 1 aromatic carbocycles. The van der Waals surface area contributed by atoms with Crippen LogP contribution < -0.4 is 10.1 Å². The molecule has 1 atom stereocenters. The van der Waals surface area contributed by atoms with Crippen LogP contribution in [0.3, 0.4) is 0 Å². The Labute approximate surface area is 152 Å². The summed E-state index contributed by atoms with van der Waals surface area (Å²) in [4.78, 5) is 16.9. The molecular formula is C18H24N4O2S. The van der Waals surface area contributed by atoms with Gasteiger partial charge >= 0.3 is 0 Å². The molecule has 6 nitrogen and oxygen atoms in total. The highest BCUT2D eigenvalue weighted by atomic mass is 32.2. The number of carbonyl (C=O) groups excluding carboxylic acids is 1. The second-order valence-corrected chi connectivity index (χ2v) is 7.58. The van der Waals surface area contributed by atoms with Gasteiger partial charge in [-0.1, -0.05) is 42.8 Å². The average molecular weight is 360 g/mol. The molecule has 1 saturated carbocycles. The number of aromatic nitrogens is 3. The lowest BCUT2D eigenvalue weighted by molar-refractivity contribution is -0.120. The highest BCUT2D eigenvalue weighted by Crippen LogP contribution is 2.33. The Morgan fingerprint density at radius 1 is 1.40 bits per heavy atom. The molecule has 1 aromatic heterocycles. The van der Waals surface area contributed by atoms with Gasteiger partial charge in [0.25, 0.3) is 0 Å². The number of ether oxygens (including phenoxy) is 1. The number of para-hydroxylation sites is 1. The number of nitrogens with one attached hydrogen (secondary N) is 2. The fourth-order valence-electron chi connectivity index (χ4n) is 3.08. The molecule has 1 aliphatic rings. The smallest absolute Gasteiger partial charge is 0.233 e. The molecule has 3 rings (SSSR count). The van der Waals surface area contributed by atoms with Crippen molar-refractivity contribution in [2.24, 2.45) is 0 Å². The van der Waals surface area contributed by atoms with E-state index in [0.717, 1.165) is 17.1 Å². The number of carbonyl (C=O) groups is 1. The van der Waals surface area contributed by atoms with E-state index in [1.54, 1.807) is 7.11 Å². The molecule has 0 aliphatic heterocycles. The van der Waals surface area contributed by atoms with Crippen LogP contribution >= 0.6 is 11.8 Å². The number of thioether (sulfide) groups is 1. The highest BCUT2D eigenvalue weighted by Gasteiger charge is 2.22. The van der Waals surface area contributed by atoms with Crippen molar-refractivity contribution in [2.75, 3.05) is 7.11 Å². The van der Waals surface area contributed by atoms with E-state index in [1.807, 2.05) is 31.2 Å². The third-order valence-electron chi connectivity index (χ3n) is 4.52. The molecule has 0 bridgehead atoms. The molecule has 1 amide bonds. The summed E-state index contributed by atoms with van der Waals surface area (Å²) in [5.74, 6) is 2.19.